The predicted molar refractivity (Wildman–Crippen MR) is 75.4 cm³/mol. The number of ether oxygens (including phenoxy) is 1. The topological polar surface area (TPSA) is 81.4 Å². The highest BCUT2D eigenvalue weighted by Crippen LogP contribution is 2.29. The number of nitrogens with one attached hydrogen (secondary N) is 1. The van der Waals surface area contributed by atoms with Gasteiger partial charge in [0.15, 0.2) is 0 Å². The van der Waals surface area contributed by atoms with Crippen molar-refractivity contribution in [2.45, 2.75) is 12.8 Å². The van der Waals surface area contributed by atoms with E-state index in [1.165, 1.54) is 6.07 Å². The van der Waals surface area contributed by atoms with E-state index in [9.17, 15) is 14.0 Å². The molecule has 0 aromatic heterocycles. The van der Waals surface area contributed by atoms with Crippen LogP contribution < -0.4 is 11.1 Å². The van der Waals surface area contributed by atoms with Gasteiger partial charge in [0.05, 0.1) is 5.41 Å². The first-order valence-electron chi connectivity index (χ1n) is 6.55. The van der Waals surface area contributed by atoms with Crippen molar-refractivity contribution in [2.75, 3.05) is 19.8 Å². The van der Waals surface area contributed by atoms with Crippen molar-refractivity contribution in [3.63, 3.8) is 0 Å². The third-order valence-corrected chi connectivity index (χ3v) is 3.90. The highest BCUT2D eigenvalue weighted by Gasteiger charge is 2.38. The first-order valence-corrected chi connectivity index (χ1v) is 6.93. The summed E-state index contributed by atoms with van der Waals surface area (Å²) in [6.07, 6.45) is 0.902. The molecule has 0 radical (unpaired) electrons. The molecule has 0 aliphatic carbocycles. The monoisotopic (exact) mass is 314 g/mol. The van der Waals surface area contributed by atoms with E-state index in [4.69, 9.17) is 22.1 Å². The third kappa shape index (κ3) is 3.71. The van der Waals surface area contributed by atoms with Gasteiger partial charge in [-0.2, -0.15) is 0 Å². The number of benzene rings is 1. The van der Waals surface area contributed by atoms with E-state index in [1.54, 1.807) is 0 Å². The largest absolute Gasteiger partial charge is 0.381 e. The second-order valence-electron chi connectivity index (χ2n) is 5.10. The van der Waals surface area contributed by atoms with E-state index in [0.717, 1.165) is 12.1 Å². The van der Waals surface area contributed by atoms with Crippen molar-refractivity contribution in [3.8, 4) is 0 Å². The molecule has 2 rings (SSSR count). The molecular formula is C14H16ClFN2O3. The molecule has 1 saturated heterocycles. The minimum absolute atomic E-state index is 0.0959. The molecule has 1 heterocycles. The van der Waals surface area contributed by atoms with Gasteiger partial charge in [-0.25, -0.2) is 4.39 Å². The summed E-state index contributed by atoms with van der Waals surface area (Å²) < 4.78 is 18.4. The fourth-order valence-corrected chi connectivity index (χ4v) is 2.53. The molecular weight excluding hydrogens is 299 g/mol. The van der Waals surface area contributed by atoms with Gasteiger partial charge >= 0.3 is 0 Å². The number of rotatable bonds is 4. The predicted octanol–water partition coefficient (Wildman–Crippen LogP) is 1.49. The van der Waals surface area contributed by atoms with Crippen LogP contribution in [0.4, 0.5) is 4.39 Å². The number of nitrogens with two attached hydrogens (primary N) is 1. The van der Waals surface area contributed by atoms with Crippen LogP contribution in [0.25, 0.3) is 0 Å². The lowest BCUT2D eigenvalue weighted by Gasteiger charge is -2.34. The molecule has 21 heavy (non-hydrogen) atoms. The Kier molecular flexibility index (Phi) is 4.80. The fourth-order valence-electron chi connectivity index (χ4n) is 2.31. The van der Waals surface area contributed by atoms with Crippen LogP contribution >= 0.6 is 11.6 Å². The van der Waals surface area contributed by atoms with Gasteiger partial charge < -0.3 is 15.8 Å². The maximum atomic E-state index is 13.2. The minimum atomic E-state index is -0.814. The maximum absolute atomic E-state index is 13.2. The number of carbonyl (C=O) groups is 2. The summed E-state index contributed by atoms with van der Waals surface area (Å²) >= 11 is 5.71. The Morgan fingerprint density at radius 3 is 2.57 bits per heavy atom. The van der Waals surface area contributed by atoms with Crippen molar-refractivity contribution in [1.82, 2.24) is 5.32 Å². The lowest BCUT2D eigenvalue weighted by atomic mass is 9.79. The highest BCUT2D eigenvalue weighted by molar-refractivity contribution is 6.31. The second-order valence-corrected chi connectivity index (χ2v) is 5.53. The zero-order valence-electron chi connectivity index (χ0n) is 11.3. The van der Waals surface area contributed by atoms with Crippen LogP contribution in [0.2, 0.25) is 5.02 Å². The van der Waals surface area contributed by atoms with Gasteiger partial charge in [0.25, 0.3) is 5.91 Å². The Bertz CT molecular complexity index is 539. The standard InChI is InChI=1S/C14H16ClFN2O3/c15-10-5-9(6-11(16)7-10)12(19)18-8-14(13(17)20)1-3-21-4-2-14/h5-7H,1-4,8H2,(H2,17,20)(H,18,19). The van der Waals surface area contributed by atoms with E-state index in [-0.39, 0.29) is 17.1 Å². The van der Waals surface area contributed by atoms with E-state index in [2.05, 4.69) is 5.32 Å². The number of hydrogen-bond donors (Lipinski definition) is 2. The van der Waals surface area contributed by atoms with E-state index < -0.39 is 23.0 Å². The SMILES string of the molecule is NC(=O)C1(CNC(=O)c2cc(F)cc(Cl)c2)CCOCC1. The van der Waals surface area contributed by atoms with Crippen molar-refractivity contribution in [1.29, 1.82) is 0 Å². The highest BCUT2D eigenvalue weighted by atomic mass is 35.5. The smallest absolute Gasteiger partial charge is 0.251 e. The third-order valence-electron chi connectivity index (χ3n) is 3.68. The van der Waals surface area contributed by atoms with E-state index in [0.29, 0.717) is 26.1 Å². The van der Waals surface area contributed by atoms with Gasteiger partial charge in [-0.15, -0.1) is 0 Å². The molecule has 0 saturated carbocycles. The Labute approximate surface area is 126 Å². The number of hydrogen-bond acceptors (Lipinski definition) is 3. The maximum Gasteiger partial charge on any atom is 0.251 e. The van der Waals surface area contributed by atoms with Crippen molar-refractivity contribution < 1.29 is 18.7 Å². The average molecular weight is 315 g/mol. The summed E-state index contributed by atoms with van der Waals surface area (Å²) in [5.41, 5.74) is 4.74. The molecule has 0 atom stereocenters. The Balaban J connectivity index is 2.06. The lowest BCUT2D eigenvalue weighted by Crippen LogP contribution is -2.49. The van der Waals surface area contributed by atoms with Crippen LogP contribution in [0.15, 0.2) is 18.2 Å². The van der Waals surface area contributed by atoms with Gasteiger partial charge in [0.1, 0.15) is 5.82 Å². The van der Waals surface area contributed by atoms with E-state index in [1.807, 2.05) is 0 Å². The van der Waals surface area contributed by atoms with Crippen LogP contribution in [0.5, 0.6) is 0 Å². The minimum Gasteiger partial charge on any atom is -0.381 e. The number of primary amides is 1. The molecule has 7 heteroatoms. The first kappa shape index (κ1) is 15.7. The molecule has 5 nitrogen and oxygen atoms in total. The molecule has 1 aromatic rings. The summed E-state index contributed by atoms with van der Waals surface area (Å²) in [4.78, 5) is 23.7. The zero-order chi connectivity index (χ0) is 15.5. The molecule has 0 bridgehead atoms. The van der Waals surface area contributed by atoms with Gasteiger partial charge in [-0.1, -0.05) is 11.6 Å². The quantitative estimate of drug-likeness (QED) is 0.883. The zero-order valence-corrected chi connectivity index (χ0v) is 12.1. The van der Waals surface area contributed by atoms with Crippen LogP contribution in [0.1, 0.15) is 23.2 Å². The van der Waals surface area contributed by atoms with Crippen molar-refractivity contribution in [2.24, 2.45) is 11.1 Å². The summed E-state index contributed by atoms with van der Waals surface area (Å²) in [5.74, 6) is -1.56. The van der Waals surface area contributed by atoms with Gasteiger partial charge in [0, 0.05) is 30.3 Å². The molecule has 3 N–H and O–H groups in total. The normalized spacial score (nSPS) is 17.2. The summed E-state index contributed by atoms with van der Waals surface area (Å²) in [5, 5.41) is 2.76. The van der Waals surface area contributed by atoms with Crippen LogP contribution in [0, 0.1) is 11.2 Å². The van der Waals surface area contributed by atoms with Crippen molar-refractivity contribution in [3.05, 3.63) is 34.6 Å². The molecule has 1 fully saturated rings. The number of carbonyl (C=O) groups excluding carboxylic acids is 2. The lowest BCUT2D eigenvalue weighted by molar-refractivity contribution is -0.132. The van der Waals surface area contributed by atoms with Gasteiger partial charge in [-0.05, 0) is 31.0 Å². The van der Waals surface area contributed by atoms with Gasteiger partial charge in [-0.3, -0.25) is 9.59 Å². The van der Waals surface area contributed by atoms with Crippen LogP contribution in [0.3, 0.4) is 0 Å². The molecule has 1 aliphatic rings. The fraction of sp³-hybridized carbons (Fsp3) is 0.429. The molecule has 114 valence electrons. The average Bonchev–Trinajstić information content (AvgIpc) is 2.44. The number of amides is 2. The molecule has 0 spiro atoms. The molecule has 1 aliphatic heterocycles. The first-order chi connectivity index (χ1) is 9.93. The Hall–Kier alpha value is -1.66. The molecule has 2 amide bonds. The summed E-state index contributed by atoms with van der Waals surface area (Å²) in [6.45, 7) is 0.938. The summed E-state index contributed by atoms with van der Waals surface area (Å²) in [6, 6.07) is 3.56. The molecule has 1 aromatic carbocycles. The molecule has 0 unspecified atom stereocenters. The summed E-state index contributed by atoms with van der Waals surface area (Å²) in [7, 11) is 0. The van der Waals surface area contributed by atoms with E-state index >= 15 is 0 Å². The number of halogens is 2. The van der Waals surface area contributed by atoms with Crippen LogP contribution in [-0.2, 0) is 9.53 Å². The van der Waals surface area contributed by atoms with Gasteiger partial charge in [0.2, 0.25) is 5.91 Å². The Morgan fingerprint density at radius 1 is 1.33 bits per heavy atom. The van der Waals surface area contributed by atoms with Crippen molar-refractivity contribution >= 4 is 23.4 Å². The Morgan fingerprint density at radius 2 is 2.00 bits per heavy atom. The second kappa shape index (κ2) is 6.41. The van der Waals surface area contributed by atoms with Crippen LogP contribution in [-0.4, -0.2) is 31.6 Å².